The van der Waals surface area contributed by atoms with Gasteiger partial charge in [0.05, 0.1) is 24.4 Å². The number of anilines is 1. The van der Waals surface area contributed by atoms with Crippen molar-refractivity contribution in [3.8, 4) is 11.4 Å². The van der Waals surface area contributed by atoms with E-state index in [-0.39, 0.29) is 17.1 Å². The zero-order valence-electron chi connectivity index (χ0n) is 15.7. The number of alkyl halides is 3. The molecule has 1 heterocycles. The van der Waals surface area contributed by atoms with Crippen molar-refractivity contribution < 1.29 is 27.1 Å². The maximum atomic E-state index is 13.5. The van der Waals surface area contributed by atoms with Crippen molar-refractivity contribution in [3.05, 3.63) is 81.5 Å². The molecule has 156 valence electrons. The van der Waals surface area contributed by atoms with Gasteiger partial charge in [-0.15, -0.1) is 0 Å². The average molecular weight is 421 g/mol. The van der Waals surface area contributed by atoms with Crippen LogP contribution < -0.4 is 15.6 Å². The van der Waals surface area contributed by atoms with Crippen LogP contribution in [0, 0.1) is 12.7 Å². The number of carbonyl (C=O) groups excluding carboxylic acids is 1. The minimum Gasteiger partial charge on any atom is -0.494 e. The molecule has 0 radical (unpaired) electrons. The van der Waals surface area contributed by atoms with E-state index in [1.165, 1.54) is 7.11 Å². The molecular weight excluding hydrogens is 406 g/mol. The largest absolute Gasteiger partial charge is 0.494 e. The molecule has 6 nitrogen and oxygen atoms in total. The van der Waals surface area contributed by atoms with Gasteiger partial charge in [0, 0.05) is 5.69 Å². The van der Waals surface area contributed by atoms with E-state index in [9.17, 15) is 27.2 Å². The first-order chi connectivity index (χ1) is 14.1. The molecule has 0 unspecified atom stereocenters. The van der Waals surface area contributed by atoms with Gasteiger partial charge in [-0.2, -0.15) is 23.0 Å². The van der Waals surface area contributed by atoms with Crippen molar-refractivity contribution in [2.45, 2.75) is 13.1 Å². The van der Waals surface area contributed by atoms with E-state index >= 15 is 0 Å². The highest BCUT2D eigenvalue weighted by molar-refractivity contribution is 6.04. The number of ether oxygens (including phenoxy) is 1. The van der Waals surface area contributed by atoms with Crippen LogP contribution in [0.5, 0.6) is 5.75 Å². The lowest BCUT2D eigenvalue weighted by molar-refractivity contribution is -0.139. The molecule has 1 amide bonds. The van der Waals surface area contributed by atoms with Crippen LogP contribution in [-0.4, -0.2) is 22.8 Å². The molecule has 0 bridgehead atoms. The lowest BCUT2D eigenvalue weighted by Crippen LogP contribution is -2.26. The van der Waals surface area contributed by atoms with Gasteiger partial charge in [0.1, 0.15) is 5.82 Å². The van der Waals surface area contributed by atoms with Crippen LogP contribution in [0.3, 0.4) is 0 Å². The molecule has 0 spiro atoms. The Morgan fingerprint density at radius 1 is 1.13 bits per heavy atom. The van der Waals surface area contributed by atoms with Crippen LogP contribution in [-0.2, 0) is 6.18 Å². The summed E-state index contributed by atoms with van der Waals surface area (Å²) in [7, 11) is 1.21. The van der Waals surface area contributed by atoms with Crippen molar-refractivity contribution >= 4 is 11.6 Å². The number of carbonyl (C=O) groups is 1. The van der Waals surface area contributed by atoms with Gasteiger partial charge in [-0.1, -0.05) is 18.2 Å². The molecule has 3 aromatic rings. The van der Waals surface area contributed by atoms with Gasteiger partial charge in [-0.25, -0.2) is 4.39 Å². The summed E-state index contributed by atoms with van der Waals surface area (Å²) in [6, 6.07) is 9.88. The standard InChI is InChI=1S/C20H15F4N3O3/c1-11-5-3-4-6-15(11)27-17(28)10-16(30-2)18(26-27)19(29)25-12-7-8-14(21)13(9-12)20(22,23)24/h3-10H,1-2H3,(H,25,29). The number of hydrogen-bond acceptors (Lipinski definition) is 4. The molecule has 0 saturated heterocycles. The van der Waals surface area contributed by atoms with E-state index in [4.69, 9.17) is 4.74 Å². The first-order valence-corrected chi connectivity index (χ1v) is 8.54. The van der Waals surface area contributed by atoms with Gasteiger partial charge in [0.15, 0.2) is 11.4 Å². The predicted octanol–water partition coefficient (Wildman–Crippen LogP) is 3.96. The summed E-state index contributed by atoms with van der Waals surface area (Å²) >= 11 is 0. The number of rotatable bonds is 4. The fourth-order valence-electron chi connectivity index (χ4n) is 2.74. The molecule has 3 rings (SSSR count). The molecule has 0 aliphatic carbocycles. The molecule has 1 aromatic heterocycles. The molecule has 0 aliphatic heterocycles. The van der Waals surface area contributed by atoms with Gasteiger partial charge >= 0.3 is 6.18 Å². The minimum absolute atomic E-state index is 0.166. The topological polar surface area (TPSA) is 73.2 Å². The van der Waals surface area contributed by atoms with E-state index in [1.807, 2.05) is 0 Å². The molecular formula is C20H15F4N3O3. The minimum atomic E-state index is -4.93. The lowest BCUT2D eigenvalue weighted by Gasteiger charge is -2.14. The molecule has 2 aromatic carbocycles. The monoisotopic (exact) mass is 421 g/mol. The van der Waals surface area contributed by atoms with Crippen molar-refractivity contribution in [3.63, 3.8) is 0 Å². The number of amides is 1. The second-order valence-corrected chi connectivity index (χ2v) is 6.24. The Morgan fingerprint density at radius 2 is 1.83 bits per heavy atom. The maximum Gasteiger partial charge on any atom is 0.419 e. The van der Waals surface area contributed by atoms with Gasteiger partial charge in [0.25, 0.3) is 11.5 Å². The van der Waals surface area contributed by atoms with Gasteiger partial charge in [-0.3, -0.25) is 9.59 Å². The molecule has 0 saturated carbocycles. The van der Waals surface area contributed by atoms with Crippen LogP contribution in [0.1, 0.15) is 21.6 Å². The third-order valence-electron chi connectivity index (χ3n) is 4.20. The number of nitrogens with zero attached hydrogens (tertiary/aromatic N) is 2. The first kappa shape index (κ1) is 21.0. The number of para-hydroxylation sites is 1. The smallest absolute Gasteiger partial charge is 0.419 e. The van der Waals surface area contributed by atoms with E-state index in [0.29, 0.717) is 23.4 Å². The Balaban J connectivity index is 2.03. The Labute approximate surface area is 167 Å². The molecule has 0 atom stereocenters. The highest BCUT2D eigenvalue weighted by atomic mass is 19.4. The quantitative estimate of drug-likeness (QED) is 0.648. The Hall–Kier alpha value is -3.69. The van der Waals surface area contributed by atoms with Crippen molar-refractivity contribution in [2.75, 3.05) is 12.4 Å². The first-order valence-electron chi connectivity index (χ1n) is 8.54. The summed E-state index contributed by atoms with van der Waals surface area (Å²) in [6.07, 6.45) is -4.93. The Bertz CT molecular complexity index is 1170. The van der Waals surface area contributed by atoms with Gasteiger partial charge < -0.3 is 10.1 Å². The zero-order chi connectivity index (χ0) is 22.1. The molecule has 10 heteroatoms. The Kier molecular flexibility index (Phi) is 5.59. The molecule has 0 fully saturated rings. The molecule has 0 aliphatic rings. The normalized spacial score (nSPS) is 11.3. The van der Waals surface area contributed by atoms with Crippen molar-refractivity contribution in [2.24, 2.45) is 0 Å². The fraction of sp³-hybridized carbons (Fsp3) is 0.150. The third-order valence-corrected chi connectivity index (χ3v) is 4.20. The number of aromatic nitrogens is 2. The van der Waals surface area contributed by atoms with Crippen LogP contribution >= 0.6 is 0 Å². The number of nitrogens with one attached hydrogen (secondary N) is 1. The van der Waals surface area contributed by atoms with E-state index in [2.05, 4.69) is 10.4 Å². The predicted molar refractivity (Wildman–Crippen MR) is 100 cm³/mol. The Morgan fingerprint density at radius 3 is 2.47 bits per heavy atom. The summed E-state index contributed by atoms with van der Waals surface area (Å²) in [5.41, 5.74) is -1.61. The molecule has 30 heavy (non-hydrogen) atoms. The van der Waals surface area contributed by atoms with E-state index in [1.54, 1.807) is 31.2 Å². The zero-order valence-corrected chi connectivity index (χ0v) is 15.7. The van der Waals surface area contributed by atoms with Crippen LogP contribution in [0.2, 0.25) is 0 Å². The van der Waals surface area contributed by atoms with Crippen molar-refractivity contribution in [1.29, 1.82) is 0 Å². The number of benzene rings is 2. The fourth-order valence-corrected chi connectivity index (χ4v) is 2.74. The highest BCUT2D eigenvalue weighted by Crippen LogP contribution is 2.33. The van der Waals surface area contributed by atoms with Crippen LogP contribution in [0.25, 0.3) is 5.69 Å². The van der Waals surface area contributed by atoms with E-state index in [0.717, 1.165) is 16.8 Å². The average Bonchev–Trinajstić information content (AvgIpc) is 2.69. The number of halogens is 4. The maximum absolute atomic E-state index is 13.5. The van der Waals surface area contributed by atoms with Crippen molar-refractivity contribution in [1.82, 2.24) is 9.78 Å². The highest BCUT2D eigenvalue weighted by Gasteiger charge is 2.34. The summed E-state index contributed by atoms with van der Waals surface area (Å²) in [6.45, 7) is 1.74. The number of hydrogen-bond donors (Lipinski definition) is 1. The summed E-state index contributed by atoms with van der Waals surface area (Å²) in [5, 5.41) is 6.25. The number of aryl methyl sites for hydroxylation is 1. The summed E-state index contributed by atoms with van der Waals surface area (Å²) in [4.78, 5) is 25.1. The SMILES string of the molecule is COc1cc(=O)n(-c2ccccc2C)nc1C(=O)Nc1ccc(F)c(C(F)(F)F)c1. The van der Waals surface area contributed by atoms with Crippen LogP contribution in [0.15, 0.2) is 53.3 Å². The third kappa shape index (κ3) is 4.17. The molecule has 1 N–H and O–H groups in total. The second kappa shape index (κ2) is 7.97. The number of methoxy groups -OCH3 is 1. The second-order valence-electron chi connectivity index (χ2n) is 6.24. The summed E-state index contributed by atoms with van der Waals surface area (Å²) < 4.78 is 58.2. The van der Waals surface area contributed by atoms with Crippen LogP contribution in [0.4, 0.5) is 23.2 Å². The van der Waals surface area contributed by atoms with E-state index < -0.39 is 29.0 Å². The van der Waals surface area contributed by atoms with Gasteiger partial charge in [0.2, 0.25) is 0 Å². The summed E-state index contributed by atoms with van der Waals surface area (Å²) in [5.74, 6) is -2.57. The lowest BCUT2D eigenvalue weighted by atomic mass is 10.1. The van der Waals surface area contributed by atoms with Gasteiger partial charge in [-0.05, 0) is 36.8 Å².